The van der Waals surface area contributed by atoms with Gasteiger partial charge in [-0.05, 0) is 30.7 Å². The quantitative estimate of drug-likeness (QED) is 0.382. The number of nitrogens with one attached hydrogen (secondary N) is 2. The van der Waals surface area contributed by atoms with E-state index in [0.29, 0.717) is 21.9 Å². The van der Waals surface area contributed by atoms with Gasteiger partial charge in [-0.15, -0.1) is 0 Å². The lowest BCUT2D eigenvalue weighted by Crippen LogP contribution is -2.36. The van der Waals surface area contributed by atoms with E-state index in [2.05, 4.69) is 10.6 Å². The maximum Gasteiger partial charge on any atom is 0.319 e. The van der Waals surface area contributed by atoms with Crippen LogP contribution < -0.4 is 20.9 Å². The molecule has 0 aliphatic rings. The van der Waals surface area contributed by atoms with E-state index in [-0.39, 0.29) is 18.7 Å². The number of methoxy groups -OCH3 is 1. The summed E-state index contributed by atoms with van der Waals surface area (Å²) in [5.41, 5.74) is 1.01. The molecule has 10 heteroatoms. The van der Waals surface area contributed by atoms with E-state index in [1.54, 1.807) is 36.4 Å². The van der Waals surface area contributed by atoms with Gasteiger partial charge in [0.15, 0.2) is 5.69 Å². The number of carboxylic acids is 1. The number of aromatic nitrogens is 1. The van der Waals surface area contributed by atoms with Crippen molar-refractivity contribution in [2.45, 2.75) is 25.9 Å². The Bertz CT molecular complexity index is 1270. The summed E-state index contributed by atoms with van der Waals surface area (Å²) in [4.78, 5) is 37.0. The van der Waals surface area contributed by atoms with E-state index in [1.165, 1.54) is 23.9 Å². The summed E-state index contributed by atoms with van der Waals surface area (Å²) in [7, 11) is 1.48. The van der Waals surface area contributed by atoms with Gasteiger partial charge in [0.25, 0.3) is 5.56 Å². The molecule has 1 heterocycles. The zero-order valence-corrected chi connectivity index (χ0v) is 19.3. The summed E-state index contributed by atoms with van der Waals surface area (Å²) >= 11 is 6.26. The minimum Gasteiger partial charge on any atom is -0.505 e. The van der Waals surface area contributed by atoms with Crippen molar-refractivity contribution < 1.29 is 24.5 Å². The number of hydrogen-bond acceptors (Lipinski definition) is 5. The van der Waals surface area contributed by atoms with Crippen LogP contribution in [0.25, 0.3) is 0 Å². The molecule has 0 fully saturated rings. The van der Waals surface area contributed by atoms with Crippen molar-refractivity contribution in [3.8, 4) is 11.5 Å². The van der Waals surface area contributed by atoms with Crippen LogP contribution in [0.5, 0.6) is 11.5 Å². The molecule has 2 aromatic carbocycles. The summed E-state index contributed by atoms with van der Waals surface area (Å²) in [6, 6.07) is 11.7. The Morgan fingerprint density at radius 2 is 1.91 bits per heavy atom. The Morgan fingerprint density at radius 3 is 2.59 bits per heavy atom. The number of urea groups is 1. The molecular formula is C24H24ClN3O6. The topological polar surface area (TPSA) is 130 Å². The summed E-state index contributed by atoms with van der Waals surface area (Å²) in [5, 5.41) is 24.8. The second-order valence-electron chi connectivity index (χ2n) is 7.59. The van der Waals surface area contributed by atoms with E-state index in [1.807, 2.05) is 13.0 Å². The maximum absolute atomic E-state index is 13.0. The van der Waals surface area contributed by atoms with E-state index < -0.39 is 29.4 Å². The number of carboxylic acid groups (broad SMARTS) is 1. The summed E-state index contributed by atoms with van der Waals surface area (Å²) < 4.78 is 6.56. The molecule has 2 amide bonds. The Labute approximate surface area is 200 Å². The monoisotopic (exact) mass is 485 g/mol. The third kappa shape index (κ3) is 5.87. The maximum atomic E-state index is 13.0. The SMILES string of the molecule is COc1cccc(Cl)c1Cn1ccc(O)c(NC(=O)NC(CC(=O)O)c2cccc(C)c2)c1=O. The Kier molecular flexibility index (Phi) is 7.80. The highest BCUT2D eigenvalue weighted by Crippen LogP contribution is 2.27. The van der Waals surface area contributed by atoms with Crippen LogP contribution in [0.2, 0.25) is 5.02 Å². The zero-order valence-electron chi connectivity index (χ0n) is 18.5. The molecule has 4 N–H and O–H groups in total. The molecule has 3 aromatic rings. The number of halogens is 1. The molecule has 3 rings (SSSR count). The van der Waals surface area contributed by atoms with Crippen LogP contribution in [0.1, 0.15) is 29.2 Å². The molecule has 0 bridgehead atoms. The van der Waals surface area contributed by atoms with Gasteiger partial charge in [-0.2, -0.15) is 0 Å². The Morgan fingerprint density at radius 1 is 1.18 bits per heavy atom. The fraction of sp³-hybridized carbons (Fsp3) is 0.208. The summed E-state index contributed by atoms with van der Waals surface area (Å²) in [5.74, 6) is -1.06. The van der Waals surface area contributed by atoms with Gasteiger partial charge < -0.3 is 30.2 Å². The van der Waals surface area contributed by atoms with Crippen LogP contribution in [0, 0.1) is 6.92 Å². The molecule has 1 aromatic heterocycles. The molecular weight excluding hydrogens is 462 g/mol. The number of rotatable bonds is 8. The lowest BCUT2D eigenvalue weighted by Gasteiger charge is -2.19. The predicted molar refractivity (Wildman–Crippen MR) is 128 cm³/mol. The number of anilines is 1. The zero-order chi connectivity index (χ0) is 24.8. The third-order valence-electron chi connectivity index (χ3n) is 5.13. The number of aliphatic carboxylic acids is 1. The number of ether oxygens (including phenoxy) is 1. The van der Waals surface area contributed by atoms with Crippen LogP contribution in [-0.2, 0) is 11.3 Å². The van der Waals surface area contributed by atoms with Crippen LogP contribution in [0.3, 0.4) is 0 Å². The Hall–Kier alpha value is -3.98. The van der Waals surface area contributed by atoms with Gasteiger partial charge in [0.2, 0.25) is 0 Å². The first-order valence-electron chi connectivity index (χ1n) is 10.3. The highest BCUT2D eigenvalue weighted by atomic mass is 35.5. The predicted octanol–water partition coefficient (Wildman–Crippen LogP) is 3.91. The number of carbonyl (C=O) groups is 2. The number of nitrogens with zero attached hydrogens (tertiary/aromatic N) is 1. The fourth-order valence-electron chi connectivity index (χ4n) is 3.48. The standard InChI is InChI=1S/C24H24ClN3O6/c1-14-5-3-6-15(11-14)18(12-21(30)31)26-24(33)27-22-19(29)9-10-28(23(22)32)13-16-17(25)7-4-8-20(16)34-2/h3-11,18,29H,12-13H2,1-2H3,(H,30,31)(H2,26,27,33). The van der Waals surface area contributed by atoms with Crippen molar-refractivity contribution in [2.75, 3.05) is 12.4 Å². The average Bonchev–Trinajstić information content (AvgIpc) is 2.78. The molecule has 0 aliphatic carbocycles. The minimum atomic E-state index is -1.11. The lowest BCUT2D eigenvalue weighted by molar-refractivity contribution is -0.137. The smallest absolute Gasteiger partial charge is 0.319 e. The van der Waals surface area contributed by atoms with Crippen LogP contribution in [0.15, 0.2) is 59.5 Å². The van der Waals surface area contributed by atoms with Crippen LogP contribution >= 0.6 is 11.6 Å². The first-order chi connectivity index (χ1) is 16.2. The van der Waals surface area contributed by atoms with E-state index in [4.69, 9.17) is 16.3 Å². The second kappa shape index (κ2) is 10.8. The number of aryl methyl sites for hydroxylation is 1. The van der Waals surface area contributed by atoms with Gasteiger partial charge in [0.05, 0.1) is 26.1 Å². The molecule has 1 atom stereocenters. The van der Waals surface area contributed by atoms with Crippen molar-refractivity contribution in [1.82, 2.24) is 9.88 Å². The van der Waals surface area contributed by atoms with E-state index in [0.717, 1.165) is 5.56 Å². The Balaban J connectivity index is 1.85. The van der Waals surface area contributed by atoms with E-state index >= 15 is 0 Å². The number of aromatic hydroxyl groups is 1. The summed E-state index contributed by atoms with van der Waals surface area (Å²) in [6.45, 7) is 1.88. The molecule has 0 radical (unpaired) electrons. The summed E-state index contributed by atoms with van der Waals surface area (Å²) in [6.07, 6.45) is 0.998. The molecule has 34 heavy (non-hydrogen) atoms. The van der Waals surface area contributed by atoms with E-state index in [9.17, 15) is 24.6 Å². The van der Waals surface area contributed by atoms with Gasteiger partial charge in [0.1, 0.15) is 11.5 Å². The van der Waals surface area contributed by atoms with Crippen molar-refractivity contribution >= 4 is 29.3 Å². The van der Waals surface area contributed by atoms with Crippen LogP contribution in [-0.4, -0.2) is 33.9 Å². The first kappa shape index (κ1) is 24.7. The van der Waals surface area contributed by atoms with Gasteiger partial charge in [0, 0.05) is 16.8 Å². The highest BCUT2D eigenvalue weighted by Gasteiger charge is 2.21. The largest absolute Gasteiger partial charge is 0.505 e. The number of benzene rings is 2. The van der Waals surface area contributed by atoms with Crippen molar-refractivity contribution in [1.29, 1.82) is 0 Å². The highest BCUT2D eigenvalue weighted by molar-refractivity contribution is 6.31. The molecule has 9 nitrogen and oxygen atoms in total. The molecule has 0 spiro atoms. The molecule has 0 saturated heterocycles. The molecule has 0 saturated carbocycles. The third-order valence-corrected chi connectivity index (χ3v) is 5.49. The lowest BCUT2D eigenvalue weighted by atomic mass is 10.0. The molecule has 0 aliphatic heterocycles. The van der Waals surface area contributed by atoms with Crippen molar-refractivity contribution in [3.63, 3.8) is 0 Å². The van der Waals surface area contributed by atoms with Crippen LogP contribution in [0.4, 0.5) is 10.5 Å². The minimum absolute atomic E-state index is 0.0309. The molecule has 1 unspecified atom stereocenters. The number of amides is 2. The normalized spacial score (nSPS) is 11.5. The van der Waals surface area contributed by atoms with Crippen molar-refractivity contribution in [3.05, 3.63) is 86.8 Å². The number of hydrogen-bond donors (Lipinski definition) is 4. The first-order valence-corrected chi connectivity index (χ1v) is 10.7. The van der Waals surface area contributed by atoms with Gasteiger partial charge >= 0.3 is 12.0 Å². The second-order valence-corrected chi connectivity index (χ2v) is 8.00. The van der Waals surface area contributed by atoms with Gasteiger partial charge in [-0.1, -0.05) is 47.5 Å². The van der Waals surface area contributed by atoms with Gasteiger partial charge in [-0.25, -0.2) is 4.79 Å². The van der Waals surface area contributed by atoms with Crippen molar-refractivity contribution in [2.24, 2.45) is 0 Å². The number of carbonyl (C=O) groups excluding carboxylic acids is 1. The fourth-order valence-corrected chi connectivity index (χ4v) is 3.71. The number of pyridine rings is 1. The van der Waals surface area contributed by atoms with Gasteiger partial charge in [-0.3, -0.25) is 9.59 Å². The average molecular weight is 486 g/mol. The molecule has 178 valence electrons.